The number of furan rings is 1. The van der Waals surface area contributed by atoms with Crippen LogP contribution in [0.15, 0.2) is 81.6 Å². The fourth-order valence-electron chi connectivity index (χ4n) is 3.30. The van der Waals surface area contributed by atoms with Crippen molar-refractivity contribution >= 4 is 78.8 Å². The van der Waals surface area contributed by atoms with E-state index in [1.165, 1.54) is 23.1 Å². The number of rotatable bonds is 5. The van der Waals surface area contributed by atoms with Crippen molar-refractivity contribution in [3.63, 3.8) is 0 Å². The summed E-state index contributed by atoms with van der Waals surface area (Å²) in [7, 11) is 0. The van der Waals surface area contributed by atoms with Crippen molar-refractivity contribution < 1.29 is 9.21 Å². The number of aromatic nitrogens is 1. The monoisotopic (exact) mass is 511 g/mol. The number of benzene rings is 2. The molecule has 2 aromatic heterocycles. The molecule has 1 aliphatic rings. The molecule has 5 rings (SSSR count). The van der Waals surface area contributed by atoms with Gasteiger partial charge in [-0.05, 0) is 48.2 Å². The van der Waals surface area contributed by atoms with Gasteiger partial charge in [-0.15, -0.1) is 6.58 Å². The Morgan fingerprint density at radius 3 is 2.64 bits per heavy atom. The average molecular weight is 512 g/mol. The zero-order valence-corrected chi connectivity index (χ0v) is 20.1. The first-order valence-electron chi connectivity index (χ1n) is 9.84. The molecule has 0 radical (unpaired) electrons. The molecule has 0 atom stereocenters. The average Bonchev–Trinajstić information content (AvgIpc) is 3.48. The van der Waals surface area contributed by atoms with Gasteiger partial charge in [0, 0.05) is 12.6 Å². The summed E-state index contributed by atoms with van der Waals surface area (Å²) >= 11 is 15.3. The summed E-state index contributed by atoms with van der Waals surface area (Å²) in [5, 5.41) is 2.12. The number of hydrogen-bond acceptors (Lipinski definition) is 6. The topological polar surface area (TPSA) is 58.7 Å². The normalized spacial score (nSPS) is 16.4. The Morgan fingerprint density at radius 2 is 1.88 bits per heavy atom. The summed E-state index contributed by atoms with van der Waals surface area (Å²) in [4.78, 5) is 24.3. The molecule has 4 aromatic rings. The fourth-order valence-corrected chi connectivity index (χ4v) is 5.75. The van der Waals surface area contributed by atoms with Crippen LogP contribution in [0.1, 0.15) is 5.76 Å². The van der Waals surface area contributed by atoms with Crippen LogP contribution in [0.5, 0.6) is 0 Å². The van der Waals surface area contributed by atoms with Crippen LogP contribution in [-0.2, 0) is 4.79 Å². The fraction of sp³-hybridized carbons (Fsp3) is 0.0417. The number of hydrogen-bond donors (Lipinski definition) is 0. The molecule has 1 fully saturated rings. The third-order valence-electron chi connectivity index (χ3n) is 4.78. The first kappa shape index (κ1) is 22.0. The Hall–Kier alpha value is -2.84. The zero-order valence-electron chi connectivity index (χ0n) is 17.0. The van der Waals surface area contributed by atoms with E-state index in [9.17, 15) is 4.79 Å². The van der Waals surface area contributed by atoms with Gasteiger partial charge in [0.15, 0.2) is 5.17 Å². The Morgan fingerprint density at radius 1 is 1.09 bits per heavy atom. The van der Waals surface area contributed by atoms with Gasteiger partial charge in [-0.25, -0.2) is 4.98 Å². The van der Waals surface area contributed by atoms with E-state index in [1.807, 2.05) is 24.3 Å². The van der Waals surface area contributed by atoms with E-state index >= 15 is 0 Å². The van der Waals surface area contributed by atoms with Crippen molar-refractivity contribution in [3.8, 4) is 11.3 Å². The lowest BCUT2D eigenvalue weighted by Gasteiger charge is -2.11. The minimum absolute atomic E-state index is 0.173. The Bertz CT molecular complexity index is 1400. The van der Waals surface area contributed by atoms with Gasteiger partial charge < -0.3 is 4.42 Å². The number of fused-ring (bicyclic) bond motifs is 1. The largest absolute Gasteiger partial charge is 0.457 e. The van der Waals surface area contributed by atoms with Crippen LogP contribution >= 0.6 is 46.3 Å². The van der Waals surface area contributed by atoms with Crippen molar-refractivity contribution in [2.24, 2.45) is 4.99 Å². The van der Waals surface area contributed by atoms with E-state index in [1.54, 1.807) is 47.4 Å². The van der Waals surface area contributed by atoms with Crippen molar-refractivity contribution in [1.29, 1.82) is 0 Å². The van der Waals surface area contributed by atoms with Crippen LogP contribution in [0.3, 0.4) is 0 Å². The maximum absolute atomic E-state index is 13.1. The van der Waals surface area contributed by atoms with E-state index < -0.39 is 0 Å². The van der Waals surface area contributed by atoms with Crippen LogP contribution in [0.2, 0.25) is 10.0 Å². The maximum atomic E-state index is 13.1. The van der Waals surface area contributed by atoms with Crippen LogP contribution < -0.4 is 0 Å². The lowest BCUT2D eigenvalue weighted by atomic mass is 10.2. The molecule has 3 heterocycles. The molecular formula is C24H15Cl2N3O2S2. The van der Waals surface area contributed by atoms with Crippen LogP contribution in [-0.4, -0.2) is 27.5 Å². The second-order valence-corrected chi connectivity index (χ2v) is 9.80. The van der Waals surface area contributed by atoms with Gasteiger partial charge in [-0.1, -0.05) is 58.8 Å². The highest BCUT2D eigenvalue weighted by Gasteiger charge is 2.33. The number of nitrogens with zero attached hydrogens (tertiary/aromatic N) is 3. The van der Waals surface area contributed by atoms with E-state index in [-0.39, 0.29) is 5.91 Å². The Kier molecular flexibility index (Phi) is 6.12. The number of carbonyl (C=O) groups excluding carboxylic acids is 1. The molecule has 0 spiro atoms. The number of thiazole rings is 1. The van der Waals surface area contributed by atoms with Crippen molar-refractivity contribution in [3.05, 3.63) is 88.0 Å². The molecule has 9 heteroatoms. The second kappa shape index (κ2) is 9.19. The summed E-state index contributed by atoms with van der Waals surface area (Å²) in [6.45, 7) is 4.10. The number of amides is 1. The Labute approximate surface area is 208 Å². The highest BCUT2D eigenvalue weighted by atomic mass is 35.5. The van der Waals surface area contributed by atoms with Crippen molar-refractivity contribution in [1.82, 2.24) is 9.88 Å². The predicted molar refractivity (Wildman–Crippen MR) is 138 cm³/mol. The van der Waals surface area contributed by atoms with Crippen molar-refractivity contribution in [2.45, 2.75) is 0 Å². The van der Waals surface area contributed by atoms with Crippen LogP contribution in [0, 0.1) is 0 Å². The lowest BCUT2D eigenvalue weighted by Crippen LogP contribution is -2.29. The molecule has 0 aliphatic carbocycles. The summed E-state index contributed by atoms with van der Waals surface area (Å²) in [6, 6.07) is 16.7. The number of aliphatic imine (C=N–C) groups is 1. The van der Waals surface area contributed by atoms with E-state index in [0.717, 1.165) is 10.2 Å². The SMILES string of the molecule is C=CCN1C(=O)C(=Cc2ccc(-c3c(Cl)cccc3Cl)o2)SC1=Nc1nc2ccccc2s1. The molecular weight excluding hydrogens is 497 g/mol. The van der Waals surface area contributed by atoms with Gasteiger partial charge in [0.2, 0.25) is 5.13 Å². The van der Waals surface area contributed by atoms with Crippen LogP contribution in [0.4, 0.5) is 5.13 Å². The van der Waals surface area contributed by atoms with Gasteiger partial charge in [0.1, 0.15) is 11.5 Å². The lowest BCUT2D eigenvalue weighted by molar-refractivity contribution is -0.121. The number of halogens is 2. The Balaban J connectivity index is 1.47. The predicted octanol–water partition coefficient (Wildman–Crippen LogP) is 7.65. The van der Waals surface area contributed by atoms with E-state index in [4.69, 9.17) is 27.6 Å². The maximum Gasteiger partial charge on any atom is 0.267 e. The first-order valence-corrected chi connectivity index (χ1v) is 12.2. The highest BCUT2D eigenvalue weighted by molar-refractivity contribution is 8.18. The highest BCUT2D eigenvalue weighted by Crippen LogP contribution is 2.38. The molecule has 1 aliphatic heterocycles. The van der Waals surface area contributed by atoms with Crippen molar-refractivity contribution in [2.75, 3.05) is 6.54 Å². The number of para-hydroxylation sites is 1. The molecule has 0 bridgehead atoms. The molecule has 5 nitrogen and oxygen atoms in total. The van der Waals surface area contributed by atoms with Crippen LogP contribution in [0.25, 0.3) is 27.6 Å². The van der Waals surface area contributed by atoms with E-state index in [0.29, 0.717) is 48.9 Å². The zero-order chi connectivity index (χ0) is 22.9. The molecule has 164 valence electrons. The summed E-state index contributed by atoms with van der Waals surface area (Å²) < 4.78 is 6.97. The van der Waals surface area contributed by atoms with Gasteiger partial charge in [-0.3, -0.25) is 9.69 Å². The molecule has 0 N–H and O–H groups in total. The van der Waals surface area contributed by atoms with E-state index in [2.05, 4.69) is 16.6 Å². The molecule has 33 heavy (non-hydrogen) atoms. The smallest absolute Gasteiger partial charge is 0.267 e. The molecule has 0 unspecified atom stereocenters. The number of thioether (sulfide) groups is 1. The standard InChI is InChI=1S/C24H15Cl2N3O2S2/c1-2-12-29-22(30)20(33-24(29)28-23-27-17-8-3-4-9-19(17)32-23)13-14-10-11-18(31-14)21-15(25)6-5-7-16(21)26/h2-11,13H,1,12H2. The van der Waals surface area contributed by atoms with Gasteiger partial charge in [-0.2, -0.15) is 4.99 Å². The minimum Gasteiger partial charge on any atom is -0.457 e. The molecule has 1 amide bonds. The number of amidine groups is 1. The minimum atomic E-state index is -0.173. The van der Waals surface area contributed by atoms with Gasteiger partial charge in [0.25, 0.3) is 5.91 Å². The van der Waals surface area contributed by atoms with Gasteiger partial charge >= 0.3 is 0 Å². The summed E-state index contributed by atoms with van der Waals surface area (Å²) in [5.41, 5.74) is 1.49. The third-order valence-corrected chi connectivity index (χ3v) is 7.35. The quantitative estimate of drug-likeness (QED) is 0.204. The summed E-state index contributed by atoms with van der Waals surface area (Å²) in [6.07, 6.45) is 3.36. The van der Waals surface area contributed by atoms with Gasteiger partial charge in [0.05, 0.1) is 30.7 Å². The molecule has 2 aromatic carbocycles. The molecule has 1 saturated heterocycles. The molecule has 0 saturated carbocycles. The first-order chi connectivity index (χ1) is 16.0. The summed E-state index contributed by atoms with van der Waals surface area (Å²) in [5.74, 6) is 0.865. The second-order valence-electron chi connectivity index (χ2n) is 6.97. The number of carbonyl (C=O) groups is 1. The third kappa shape index (κ3) is 4.37.